The Morgan fingerprint density at radius 3 is 2.47 bits per heavy atom. The number of halogens is 1. The van der Waals surface area contributed by atoms with E-state index in [4.69, 9.17) is 15.5 Å². The molecule has 45 heavy (non-hydrogen) atoms. The Morgan fingerprint density at radius 2 is 1.76 bits per heavy atom. The van der Waals surface area contributed by atoms with E-state index in [-0.39, 0.29) is 11.2 Å². The summed E-state index contributed by atoms with van der Waals surface area (Å²) < 4.78 is 20.6. The number of nitrogens with two attached hydrogens (primary N) is 1. The number of benzene rings is 1. The van der Waals surface area contributed by atoms with Gasteiger partial charge in [-0.3, -0.25) is 24.0 Å². The molecule has 2 fully saturated rings. The predicted octanol–water partition coefficient (Wildman–Crippen LogP) is 3.19. The smallest absolute Gasteiger partial charge is 0.272 e. The second-order valence-corrected chi connectivity index (χ2v) is 11.8. The number of nitrogen functional groups attached to an aromatic ring is 1. The van der Waals surface area contributed by atoms with Gasteiger partial charge in [-0.2, -0.15) is 0 Å². The van der Waals surface area contributed by atoms with Crippen LogP contribution in [0.2, 0.25) is 0 Å². The molecule has 11 nitrogen and oxygen atoms in total. The number of imidazole rings is 1. The number of aromatic nitrogens is 5. The minimum absolute atomic E-state index is 0.142. The molecule has 6 aromatic rings. The van der Waals surface area contributed by atoms with Gasteiger partial charge in [0.1, 0.15) is 17.3 Å². The van der Waals surface area contributed by atoms with Gasteiger partial charge in [0.25, 0.3) is 10.9 Å². The number of rotatable bonds is 7. The van der Waals surface area contributed by atoms with Crippen molar-refractivity contribution in [3.05, 3.63) is 105 Å². The van der Waals surface area contributed by atoms with Gasteiger partial charge in [-0.05, 0) is 48.0 Å². The van der Waals surface area contributed by atoms with E-state index in [2.05, 4.69) is 32.0 Å². The Bertz CT molecular complexity index is 2160. The molecule has 0 amide bonds. The summed E-state index contributed by atoms with van der Waals surface area (Å²) in [5.41, 5.74) is 11.2. The van der Waals surface area contributed by atoms with Crippen molar-refractivity contribution in [1.29, 1.82) is 0 Å². The van der Waals surface area contributed by atoms with Crippen molar-refractivity contribution in [3.63, 3.8) is 0 Å². The van der Waals surface area contributed by atoms with E-state index in [1.165, 1.54) is 19.4 Å². The van der Waals surface area contributed by atoms with Crippen LogP contribution in [0.4, 0.5) is 15.9 Å². The van der Waals surface area contributed by atoms with Crippen LogP contribution in [0.1, 0.15) is 5.56 Å². The first-order chi connectivity index (χ1) is 21.8. The molecule has 224 valence electrons. The van der Waals surface area contributed by atoms with E-state index >= 15 is 0 Å². The molecule has 0 bridgehead atoms. The minimum atomic E-state index is -0.534. The summed E-state index contributed by atoms with van der Waals surface area (Å²) in [5.74, 6) is 0.745. The Hall–Kier alpha value is -5.49. The first-order valence-electron chi connectivity index (χ1n) is 14.5. The van der Waals surface area contributed by atoms with Gasteiger partial charge >= 0.3 is 0 Å². The molecule has 0 atom stereocenters. The standard InChI is InChI=1S/C33H27FN8O3/c1-45-29-26(27(43)28(29)44)41-17-33(18-41)15-40(16-33)14-19-4-7-22(8-5-19)42-25-11-20(24-9-6-21(34)13-37-24)12-38-31(25)39-32(42)23-3-2-10-36-30(23)35/h2-13H,14-18H2,1H3,(H2,35,36). The molecular formula is C33H27FN8O3. The van der Waals surface area contributed by atoms with Crippen molar-refractivity contribution in [3.8, 4) is 34.1 Å². The van der Waals surface area contributed by atoms with Crippen LogP contribution < -0.4 is 26.2 Å². The van der Waals surface area contributed by atoms with E-state index in [1.807, 2.05) is 39.8 Å². The summed E-state index contributed by atoms with van der Waals surface area (Å²) in [6.07, 6.45) is 4.50. The first-order valence-corrected chi connectivity index (χ1v) is 14.5. The molecule has 2 aliphatic heterocycles. The zero-order valence-electron chi connectivity index (χ0n) is 24.3. The lowest BCUT2D eigenvalue weighted by Crippen LogP contribution is -2.73. The number of fused-ring (bicyclic) bond motifs is 1. The maximum Gasteiger partial charge on any atom is 0.272 e. The second kappa shape index (κ2) is 10.0. The highest BCUT2D eigenvalue weighted by Crippen LogP contribution is 2.43. The van der Waals surface area contributed by atoms with Crippen LogP contribution in [0.3, 0.4) is 0 Å². The van der Waals surface area contributed by atoms with Crippen LogP contribution >= 0.6 is 0 Å². The zero-order valence-corrected chi connectivity index (χ0v) is 24.3. The summed E-state index contributed by atoms with van der Waals surface area (Å²) in [6, 6.07) is 16.9. The molecule has 2 N–H and O–H groups in total. The summed E-state index contributed by atoms with van der Waals surface area (Å²) >= 11 is 0. The highest BCUT2D eigenvalue weighted by atomic mass is 19.1. The molecule has 4 aromatic heterocycles. The summed E-state index contributed by atoms with van der Waals surface area (Å²) in [6.45, 7) is 4.14. The van der Waals surface area contributed by atoms with Crippen LogP contribution in [0.25, 0.3) is 39.5 Å². The number of ether oxygens (including phenoxy) is 1. The van der Waals surface area contributed by atoms with Crippen molar-refractivity contribution in [2.45, 2.75) is 6.54 Å². The second-order valence-electron chi connectivity index (χ2n) is 11.8. The number of hydrogen-bond acceptors (Lipinski definition) is 10. The van der Waals surface area contributed by atoms with Gasteiger partial charge in [0.05, 0.1) is 30.1 Å². The van der Waals surface area contributed by atoms with Crippen LogP contribution in [-0.4, -0.2) is 62.7 Å². The van der Waals surface area contributed by atoms with Crippen LogP contribution in [0.5, 0.6) is 5.75 Å². The summed E-state index contributed by atoms with van der Waals surface area (Å²) in [5, 5.41) is 0. The molecule has 12 heteroatoms. The summed E-state index contributed by atoms with van der Waals surface area (Å²) in [4.78, 5) is 46.0. The molecule has 8 rings (SSSR count). The molecule has 2 aromatic carbocycles. The Kier molecular flexibility index (Phi) is 6.04. The highest BCUT2D eigenvalue weighted by Gasteiger charge is 2.53. The fourth-order valence-electron chi connectivity index (χ4n) is 6.68. The largest absolute Gasteiger partial charge is 0.491 e. The lowest BCUT2D eigenvalue weighted by molar-refractivity contribution is -0.0276. The van der Waals surface area contributed by atoms with Gasteiger partial charge in [-0.15, -0.1) is 0 Å². The molecule has 1 spiro atoms. The van der Waals surface area contributed by atoms with Gasteiger partial charge in [-0.1, -0.05) is 12.1 Å². The van der Waals surface area contributed by atoms with E-state index < -0.39 is 16.7 Å². The number of methoxy groups -OCH3 is 1. The van der Waals surface area contributed by atoms with E-state index in [0.29, 0.717) is 34.2 Å². The number of likely N-dealkylation sites (tertiary alicyclic amines) is 1. The Morgan fingerprint density at radius 1 is 0.956 bits per heavy atom. The van der Waals surface area contributed by atoms with E-state index in [9.17, 15) is 14.0 Å². The number of anilines is 2. The third-order valence-electron chi connectivity index (χ3n) is 8.75. The molecule has 0 radical (unpaired) electrons. The van der Waals surface area contributed by atoms with Crippen LogP contribution in [-0.2, 0) is 6.54 Å². The summed E-state index contributed by atoms with van der Waals surface area (Å²) in [7, 11) is 1.43. The van der Waals surface area contributed by atoms with Gasteiger partial charge in [0.2, 0.25) is 0 Å². The normalized spacial score (nSPS) is 15.8. The minimum Gasteiger partial charge on any atom is -0.491 e. The number of pyridine rings is 3. The molecule has 0 saturated carbocycles. The quantitative estimate of drug-likeness (QED) is 0.272. The molecular weight excluding hydrogens is 575 g/mol. The van der Waals surface area contributed by atoms with Crippen molar-refractivity contribution >= 4 is 22.7 Å². The zero-order chi connectivity index (χ0) is 30.9. The van der Waals surface area contributed by atoms with Crippen LogP contribution in [0.15, 0.2) is 82.8 Å². The maximum atomic E-state index is 13.5. The molecule has 2 aliphatic rings. The average Bonchev–Trinajstić information content (AvgIpc) is 3.39. The number of nitrogens with zero attached hydrogens (tertiary/aromatic N) is 7. The Balaban J connectivity index is 1.05. The van der Waals surface area contributed by atoms with Crippen molar-refractivity contribution < 1.29 is 9.13 Å². The fraction of sp³-hybridized carbons (Fsp3) is 0.212. The van der Waals surface area contributed by atoms with Gasteiger partial charge < -0.3 is 15.4 Å². The fourth-order valence-corrected chi connectivity index (χ4v) is 6.68. The molecule has 0 unspecified atom stereocenters. The van der Waals surface area contributed by atoms with Gasteiger partial charge in [-0.25, -0.2) is 19.3 Å². The number of hydrogen-bond donors (Lipinski definition) is 1. The van der Waals surface area contributed by atoms with Crippen molar-refractivity contribution in [1.82, 2.24) is 29.4 Å². The molecule has 2 saturated heterocycles. The predicted molar refractivity (Wildman–Crippen MR) is 168 cm³/mol. The average molecular weight is 603 g/mol. The maximum absolute atomic E-state index is 13.5. The first kappa shape index (κ1) is 27.1. The van der Waals surface area contributed by atoms with Gasteiger partial charge in [0, 0.05) is 61.8 Å². The SMILES string of the molecule is COc1c(N2CC3(CN(Cc4ccc(-n5c(-c6cccnc6N)nc6ncc(-c7ccc(F)cn7)cc65)cc4)C3)C2)c(=O)c1=O. The topological polar surface area (TPSA) is 132 Å². The molecule has 6 heterocycles. The Labute approximate surface area is 256 Å². The monoisotopic (exact) mass is 602 g/mol. The lowest BCUT2D eigenvalue weighted by Gasteiger charge is -2.61. The third kappa shape index (κ3) is 4.36. The van der Waals surface area contributed by atoms with E-state index in [0.717, 1.165) is 55.1 Å². The van der Waals surface area contributed by atoms with Crippen molar-refractivity contribution in [2.24, 2.45) is 5.41 Å². The lowest BCUT2D eigenvalue weighted by atomic mass is 9.72. The third-order valence-corrected chi connectivity index (χ3v) is 8.75. The van der Waals surface area contributed by atoms with Crippen LogP contribution in [0, 0.1) is 11.2 Å². The van der Waals surface area contributed by atoms with E-state index in [1.54, 1.807) is 18.5 Å². The van der Waals surface area contributed by atoms with Gasteiger partial charge in [0.15, 0.2) is 17.2 Å². The molecule has 0 aliphatic carbocycles. The van der Waals surface area contributed by atoms with Crippen molar-refractivity contribution in [2.75, 3.05) is 43.9 Å². The highest BCUT2D eigenvalue weighted by molar-refractivity contribution is 5.85.